The van der Waals surface area contributed by atoms with Gasteiger partial charge in [0.05, 0.1) is 25.4 Å². The second-order valence-electron chi connectivity index (χ2n) is 7.24. The highest BCUT2D eigenvalue weighted by Gasteiger charge is 2.39. The summed E-state index contributed by atoms with van der Waals surface area (Å²) < 4.78 is 22.3. The number of hydrogen-bond acceptors (Lipinski definition) is 5. The Hall–Kier alpha value is -0.473. The zero-order chi connectivity index (χ0) is 18.1. The molecule has 0 bridgehead atoms. The van der Waals surface area contributed by atoms with E-state index >= 15 is 0 Å². The molecule has 0 heterocycles. The highest BCUT2D eigenvalue weighted by molar-refractivity contribution is 6.74. The molecule has 0 aliphatic heterocycles. The number of hydrogen-bond donors (Lipinski definition) is 1. The molecule has 6 nitrogen and oxygen atoms in total. The number of carboxylic acids is 1. The maximum Gasteiger partial charge on any atom is 0.303 e. The zero-order valence-corrected chi connectivity index (χ0v) is 16.7. The van der Waals surface area contributed by atoms with Crippen LogP contribution in [0.4, 0.5) is 0 Å². The molecular weight excluding hydrogens is 316 g/mol. The second kappa shape index (κ2) is 10.4. The van der Waals surface area contributed by atoms with E-state index in [1.807, 2.05) is 6.92 Å². The minimum atomic E-state index is -1.94. The van der Waals surface area contributed by atoms with Gasteiger partial charge in [-0.15, -0.1) is 0 Å². The molecule has 23 heavy (non-hydrogen) atoms. The van der Waals surface area contributed by atoms with Crippen molar-refractivity contribution in [3.63, 3.8) is 0 Å². The van der Waals surface area contributed by atoms with E-state index in [2.05, 4.69) is 33.9 Å². The van der Waals surface area contributed by atoms with Crippen molar-refractivity contribution in [1.82, 2.24) is 0 Å². The molecule has 0 aromatic carbocycles. The van der Waals surface area contributed by atoms with Crippen molar-refractivity contribution < 1.29 is 28.5 Å². The van der Waals surface area contributed by atoms with Crippen molar-refractivity contribution in [2.75, 3.05) is 27.1 Å². The summed E-state index contributed by atoms with van der Waals surface area (Å²) >= 11 is 0. The van der Waals surface area contributed by atoms with Crippen LogP contribution in [0.3, 0.4) is 0 Å². The van der Waals surface area contributed by atoms with E-state index in [0.29, 0.717) is 19.6 Å². The first-order valence-electron chi connectivity index (χ1n) is 8.09. The molecule has 0 saturated carbocycles. The molecule has 0 amide bonds. The third kappa shape index (κ3) is 9.41. The summed E-state index contributed by atoms with van der Waals surface area (Å²) in [6.45, 7) is 13.9. The highest BCUT2D eigenvalue weighted by atomic mass is 28.4. The summed E-state index contributed by atoms with van der Waals surface area (Å²) in [6, 6.07) is 0. The molecule has 0 unspecified atom stereocenters. The van der Waals surface area contributed by atoms with Gasteiger partial charge >= 0.3 is 5.97 Å². The summed E-state index contributed by atoms with van der Waals surface area (Å²) in [5, 5.41) is 9.00. The molecule has 0 aliphatic rings. The largest absolute Gasteiger partial charge is 0.481 e. The van der Waals surface area contributed by atoms with Crippen molar-refractivity contribution in [3.05, 3.63) is 0 Å². The van der Waals surface area contributed by atoms with E-state index in [-0.39, 0.29) is 30.5 Å². The third-order valence-electron chi connectivity index (χ3n) is 4.25. The van der Waals surface area contributed by atoms with Crippen LogP contribution >= 0.6 is 0 Å². The molecule has 0 aromatic rings. The minimum absolute atomic E-state index is 0.0495. The minimum Gasteiger partial charge on any atom is -0.481 e. The van der Waals surface area contributed by atoms with Crippen LogP contribution in [0.5, 0.6) is 0 Å². The maximum atomic E-state index is 10.9. The van der Waals surface area contributed by atoms with Gasteiger partial charge in [-0.05, 0) is 31.5 Å². The van der Waals surface area contributed by atoms with E-state index in [9.17, 15) is 4.79 Å². The van der Waals surface area contributed by atoms with E-state index in [1.165, 1.54) is 0 Å². The summed E-state index contributed by atoms with van der Waals surface area (Å²) in [5.41, 5.74) is 0. The predicted octanol–water partition coefficient (Wildman–Crippen LogP) is 3.27. The van der Waals surface area contributed by atoms with Crippen LogP contribution in [-0.4, -0.2) is 58.7 Å². The quantitative estimate of drug-likeness (QED) is 0.331. The van der Waals surface area contributed by atoms with Gasteiger partial charge in [-0.3, -0.25) is 4.79 Å². The van der Waals surface area contributed by atoms with Gasteiger partial charge in [0.15, 0.2) is 8.32 Å². The van der Waals surface area contributed by atoms with E-state index in [4.69, 9.17) is 23.7 Å². The van der Waals surface area contributed by atoms with Crippen LogP contribution in [0.2, 0.25) is 18.1 Å². The average Bonchev–Trinajstić information content (AvgIpc) is 2.39. The van der Waals surface area contributed by atoms with Gasteiger partial charge in [-0.25, -0.2) is 0 Å². The fourth-order valence-corrected chi connectivity index (χ4v) is 3.21. The molecule has 0 saturated heterocycles. The zero-order valence-electron chi connectivity index (χ0n) is 15.7. The highest BCUT2D eigenvalue weighted by Crippen LogP contribution is 2.37. The Morgan fingerprint density at radius 1 is 1.22 bits per heavy atom. The fraction of sp³-hybridized carbons (Fsp3) is 0.938. The lowest BCUT2D eigenvalue weighted by Crippen LogP contribution is -2.46. The van der Waals surface area contributed by atoms with E-state index in [0.717, 1.165) is 0 Å². The van der Waals surface area contributed by atoms with Crippen LogP contribution in [-0.2, 0) is 23.4 Å². The Morgan fingerprint density at radius 3 is 2.30 bits per heavy atom. The fourth-order valence-electron chi connectivity index (χ4n) is 1.77. The first kappa shape index (κ1) is 22.5. The number of ether oxygens (including phenoxy) is 3. The number of carboxylic acid groups (broad SMARTS) is 1. The molecule has 138 valence electrons. The van der Waals surface area contributed by atoms with E-state index in [1.54, 1.807) is 7.11 Å². The van der Waals surface area contributed by atoms with Crippen molar-refractivity contribution >= 4 is 14.3 Å². The van der Waals surface area contributed by atoms with Gasteiger partial charge in [0.2, 0.25) is 0 Å². The molecule has 0 spiro atoms. The van der Waals surface area contributed by atoms with Crippen LogP contribution < -0.4 is 0 Å². The van der Waals surface area contributed by atoms with Gasteiger partial charge < -0.3 is 23.7 Å². The Bertz CT molecular complexity index is 340. The first-order valence-corrected chi connectivity index (χ1v) is 11.0. The molecule has 0 aliphatic carbocycles. The van der Waals surface area contributed by atoms with Crippen LogP contribution in [0.1, 0.15) is 40.5 Å². The van der Waals surface area contributed by atoms with Gasteiger partial charge in [-0.1, -0.05) is 20.8 Å². The lowest BCUT2D eigenvalue weighted by atomic mass is 10.1. The smallest absolute Gasteiger partial charge is 0.303 e. The molecule has 0 rings (SSSR count). The number of carbonyl (C=O) groups is 1. The number of aliphatic carboxylic acids is 1. The first-order chi connectivity index (χ1) is 10.5. The third-order valence-corrected chi connectivity index (χ3v) is 8.82. The number of methoxy groups -OCH3 is 1. The van der Waals surface area contributed by atoms with Gasteiger partial charge in [0, 0.05) is 13.5 Å². The molecule has 0 radical (unpaired) electrons. The van der Waals surface area contributed by atoms with Crippen LogP contribution in [0, 0.1) is 0 Å². The Labute approximate surface area is 141 Å². The monoisotopic (exact) mass is 350 g/mol. The number of rotatable bonds is 12. The Morgan fingerprint density at radius 2 is 1.83 bits per heavy atom. The van der Waals surface area contributed by atoms with Gasteiger partial charge in [0.25, 0.3) is 0 Å². The summed E-state index contributed by atoms with van der Waals surface area (Å²) in [4.78, 5) is 10.9. The van der Waals surface area contributed by atoms with Crippen molar-refractivity contribution in [2.45, 2.75) is 70.9 Å². The Kier molecular flexibility index (Phi) is 10.2. The summed E-state index contributed by atoms with van der Waals surface area (Å²) in [6.07, 6.45) is -0.0313. The van der Waals surface area contributed by atoms with Crippen molar-refractivity contribution in [3.8, 4) is 0 Å². The molecular formula is C16H34O6Si. The van der Waals surface area contributed by atoms with Crippen LogP contribution in [0.15, 0.2) is 0 Å². The predicted molar refractivity (Wildman–Crippen MR) is 92.2 cm³/mol. The standard InChI is InChI=1S/C16H34O6Si/c1-13(22-23(6,7)16(2,3)4)14(8-9-15(17)18)21-12-20-11-10-19-5/h13-14H,8-12H2,1-7H3,(H,17,18)/t13-,14-/m1/s1. The SMILES string of the molecule is COCCOCO[C@H](CCC(=O)O)[C@@H](C)O[Si](C)(C)C(C)(C)C. The Balaban J connectivity index is 4.60. The normalized spacial score (nSPS) is 15.4. The average molecular weight is 351 g/mol. The van der Waals surface area contributed by atoms with Crippen molar-refractivity contribution in [2.24, 2.45) is 0 Å². The molecule has 7 heteroatoms. The van der Waals surface area contributed by atoms with E-state index < -0.39 is 14.3 Å². The molecule has 0 aromatic heterocycles. The molecule has 1 N–H and O–H groups in total. The summed E-state index contributed by atoms with van der Waals surface area (Å²) in [7, 11) is -0.329. The molecule has 0 fully saturated rings. The topological polar surface area (TPSA) is 74.2 Å². The van der Waals surface area contributed by atoms with Crippen molar-refractivity contribution in [1.29, 1.82) is 0 Å². The lowest BCUT2D eigenvalue weighted by Gasteiger charge is -2.40. The van der Waals surface area contributed by atoms with Gasteiger partial charge in [0.1, 0.15) is 6.79 Å². The summed E-state index contributed by atoms with van der Waals surface area (Å²) in [5.74, 6) is -0.835. The lowest BCUT2D eigenvalue weighted by molar-refractivity contribution is -0.143. The molecule has 2 atom stereocenters. The van der Waals surface area contributed by atoms with Crippen LogP contribution in [0.25, 0.3) is 0 Å². The van der Waals surface area contributed by atoms with Gasteiger partial charge in [-0.2, -0.15) is 0 Å². The maximum absolute atomic E-state index is 10.9. The second-order valence-corrected chi connectivity index (χ2v) is 12.0.